The lowest BCUT2D eigenvalue weighted by Gasteiger charge is -2.09. The zero-order chi connectivity index (χ0) is 13.9. The van der Waals surface area contributed by atoms with Gasteiger partial charge in [0, 0.05) is 5.56 Å². The Labute approximate surface area is 115 Å². The molecule has 2 heterocycles. The third-order valence-corrected chi connectivity index (χ3v) is 3.48. The summed E-state index contributed by atoms with van der Waals surface area (Å²) in [5, 5.41) is 7.20. The molecule has 0 saturated carbocycles. The molecule has 0 radical (unpaired) electrons. The van der Waals surface area contributed by atoms with Crippen molar-refractivity contribution in [1.82, 2.24) is 15.5 Å². The van der Waals surface area contributed by atoms with Gasteiger partial charge in [-0.2, -0.15) is 4.98 Å². The summed E-state index contributed by atoms with van der Waals surface area (Å²) < 4.78 is 31.4. The smallest absolute Gasteiger partial charge is 0.244 e. The number of nitrogens with one attached hydrogen (secondary N) is 1. The number of benzene rings is 1. The van der Waals surface area contributed by atoms with Gasteiger partial charge in [-0.25, -0.2) is 8.78 Å². The second-order valence-corrected chi connectivity index (χ2v) is 4.94. The van der Waals surface area contributed by atoms with E-state index < -0.39 is 11.6 Å². The molecule has 106 valence electrons. The van der Waals surface area contributed by atoms with Crippen LogP contribution < -0.4 is 5.32 Å². The predicted octanol–water partition coefficient (Wildman–Crippen LogP) is 3.22. The molecule has 1 aliphatic rings. The Balaban J connectivity index is 1.83. The van der Waals surface area contributed by atoms with Crippen molar-refractivity contribution in [2.24, 2.45) is 0 Å². The number of hydrogen-bond donors (Lipinski definition) is 1. The molecule has 3 rings (SSSR count). The number of rotatable bonds is 2. The van der Waals surface area contributed by atoms with Gasteiger partial charge in [-0.3, -0.25) is 0 Å². The molecule has 0 aliphatic carbocycles. The molecular weight excluding hydrogens is 264 g/mol. The molecule has 1 N–H and O–H groups in total. The van der Waals surface area contributed by atoms with Crippen LogP contribution in [0.25, 0.3) is 11.4 Å². The summed E-state index contributed by atoms with van der Waals surface area (Å²) in [7, 11) is 0. The van der Waals surface area contributed by atoms with Crippen LogP contribution in [0.1, 0.15) is 37.6 Å². The van der Waals surface area contributed by atoms with Gasteiger partial charge in [0.2, 0.25) is 11.7 Å². The maximum atomic E-state index is 13.2. The Morgan fingerprint density at radius 3 is 2.90 bits per heavy atom. The fraction of sp³-hybridized carbons (Fsp3) is 0.429. The van der Waals surface area contributed by atoms with Gasteiger partial charge in [-0.15, -0.1) is 0 Å². The number of aromatic nitrogens is 2. The number of halogens is 2. The van der Waals surface area contributed by atoms with E-state index >= 15 is 0 Å². The normalized spacial score (nSPS) is 19.8. The Hall–Kier alpha value is -1.82. The highest BCUT2D eigenvalue weighted by atomic mass is 19.2. The van der Waals surface area contributed by atoms with Crippen LogP contribution in [0.2, 0.25) is 0 Å². The summed E-state index contributed by atoms with van der Waals surface area (Å²) >= 11 is 0. The van der Waals surface area contributed by atoms with Crippen molar-refractivity contribution in [3.8, 4) is 11.4 Å². The van der Waals surface area contributed by atoms with Gasteiger partial charge in [0.1, 0.15) is 0 Å². The number of nitrogens with zero attached hydrogens (tertiary/aromatic N) is 2. The highest BCUT2D eigenvalue weighted by molar-refractivity contribution is 5.54. The first-order valence-corrected chi connectivity index (χ1v) is 6.76. The largest absolute Gasteiger partial charge is 0.337 e. The van der Waals surface area contributed by atoms with E-state index in [0.29, 0.717) is 11.5 Å². The summed E-state index contributed by atoms with van der Waals surface area (Å²) in [5.74, 6) is -1.01. The number of hydrogen-bond acceptors (Lipinski definition) is 4. The molecule has 1 fully saturated rings. The Morgan fingerprint density at radius 2 is 2.05 bits per heavy atom. The summed E-state index contributed by atoms with van der Waals surface area (Å²) in [6.07, 6.45) is 4.38. The summed E-state index contributed by atoms with van der Waals surface area (Å²) in [6.45, 7) is 0.924. The third kappa shape index (κ3) is 2.70. The van der Waals surface area contributed by atoms with E-state index in [0.717, 1.165) is 37.9 Å². The zero-order valence-electron chi connectivity index (χ0n) is 10.9. The lowest BCUT2D eigenvalue weighted by Crippen LogP contribution is -2.20. The van der Waals surface area contributed by atoms with E-state index in [-0.39, 0.29) is 11.9 Å². The predicted molar refractivity (Wildman–Crippen MR) is 68.9 cm³/mol. The minimum absolute atomic E-state index is 0.0454. The minimum Gasteiger partial charge on any atom is -0.337 e. The van der Waals surface area contributed by atoms with Crippen molar-refractivity contribution in [2.75, 3.05) is 6.54 Å². The van der Waals surface area contributed by atoms with E-state index in [1.807, 2.05) is 0 Å². The summed E-state index contributed by atoms with van der Waals surface area (Å²) in [5.41, 5.74) is 0.410. The van der Waals surface area contributed by atoms with Gasteiger partial charge >= 0.3 is 0 Å². The van der Waals surface area contributed by atoms with Crippen molar-refractivity contribution in [3.05, 3.63) is 35.7 Å². The van der Waals surface area contributed by atoms with Gasteiger partial charge in [0.25, 0.3) is 0 Å². The molecule has 1 aliphatic heterocycles. The monoisotopic (exact) mass is 279 g/mol. The average molecular weight is 279 g/mol. The highest BCUT2D eigenvalue weighted by Gasteiger charge is 2.20. The zero-order valence-corrected chi connectivity index (χ0v) is 10.9. The quantitative estimate of drug-likeness (QED) is 0.917. The van der Waals surface area contributed by atoms with Gasteiger partial charge < -0.3 is 9.84 Å². The van der Waals surface area contributed by atoms with Crippen LogP contribution in [0.4, 0.5) is 8.78 Å². The molecule has 1 unspecified atom stereocenters. The molecule has 2 aromatic rings. The fourth-order valence-electron chi connectivity index (χ4n) is 2.37. The second kappa shape index (κ2) is 5.66. The maximum absolute atomic E-state index is 13.2. The van der Waals surface area contributed by atoms with E-state index in [1.165, 1.54) is 12.5 Å². The molecule has 1 saturated heterocycles. The van der Waals surface area contributed by atoms with Crippen molar-refractivity contribution < 1.29 is 13.3 Å². The molecular formula is C14H15F2N3O. The summed E-state index contributed by atoms with van der Waals surface area (Å²) in [4.78, 5) is 4.29. The third-order valence-electron chi connectivity index (χ3n) is 3.48. The molecule has 1 atom stereocenters. The average Bonchev–Trinajstić information content (AvgIpc) is 2.78. The van der Waals surface area contributed by atoms with Crippen molar-refractivity contribution in [2.45, 2.75) is 31.7 Å². The Bertz CT molecular complexity index is 592. The molecule has 0 spiro atoms. The molecule has 0 bridgehead atoms. The minimum atomic E-state index is -0.915. The van der Waals surface area contributed by atoms with Gasteiger partial charge in [0.15, 0.2) is 11.6 Å². The maximum Gasteiger partial charge on any atom is 0.244 e. The second-order valence-electron chi connectivity index (χ2n) is 4.94. The van der Waals surface area contributed by atoms with Crippen LogP contribution in [0.15, 0.2) is 22.7 Å². The van der Waals surface area contributed by atoms with Gasteiger partial charge in [0.05, 0.1) is 6.04 Å². The van der Waals surface area contributed by atoms with E-state index in [1.54, 1.807) is 0 Å². The SMILES string of the molecule is Fc1ccc(-c2noc(C3CCCCCN3)n2)cc1F. The molecule has 20 heavy (non-hydrogen) atoms. The Morgan fingerprint density at radius 1 is 1.15 bits per heavy atom. The summed E-state index contributed by atoms with van der Waals surface area (Å²) in [6, 6.07) is 3.62. The fourth-order valence-corrected chi connectivity index (χ4v) is 2.37. The van der Waals surface area contributed by atoms with Crippen LogP contribution in [-0.2, 0) is 0 Å². The van der Waals surface area contributed by atoms with Crippen LogP contribution in [0.3, 0.4) is 0 Å². The van der Waals surface area contributed by atoms with E-state index in [2.05, 4.69) is 15.5 Å². The lowest BCUT2D eigenvalue weighted by molar-refractivity contribution is 0.327. The highest BCUT2D eigenvalue weighted by Crippen LogP contribution is 2.24. The van der Waals surface area contributed by atoms with E-state index in [4.69, 9.17) is 4.52 Å². The van der Waals surface area contributed by atoms with Crippen molar-refractivity contribution in [1.29, 1.82) is 0 Å². The van der Waals surface area contributed by atoms with Crippen molar-refractivity contribution in [3.63, 3.8) is 0 Å². The molecule has 1 aromatic carbocycles. The van der Waals surface area contributed by atoms with E-state index in [9.17, 15) is 8.78 Å². The first-order valence-electron chi connectivity index (χ1n) is 6.76. The standard InChI is InChI=1S/C14H15F2N3O/c15-10-6-5-9(8-11(10)16)13-18-14(20-19-13)12-4-2-1-3-7-17-12/h5-6,8,12,17H,1-4,7H2. The molecule has 4 nitrogen and oxygen atoms in total. The van der Waals surface area contributed by atoms with Gasteiger partial charge in [-0.1, -0.05) is 18.0 Å². The van der Waals surface area contributed by atoms with Crippen LogP contribution in [0, 0.1) is 11.6 Å². The van der Waals surface area contributed by atoms with Crippen molar-refractivity contribution >= 4 is 0 Å². The molecule has 6 heteroatoms. The first-order chi connectivity index (χ1) is 9.74. The topological polar surface area (TPSA) is 51.0 Å². The first kappa shape index (κ1) is 13.2. The molecule has 1 aromatic heterocycles. The van der Waals surface area contributed by atoms with Gasteiger partial charge in [-0.05, 0) is 37.6 Å². The Kier molecular flexibility index (Phi) is 3.73. The van der Waals surface area contributed by atoms with Crippen LogP contribution >= 0.6 is 0 Å². The van der Waals surface area contributed by atoms with Crippen LogP contribution in [0.5, 0.6) is 0 Å². The lowest BCUT2D eigenvalue weighted by atomic mass is 10.1. The van der Waals surface area contributed by atoms with Crippen LogP contribution in [-0.4, -0.2) is 16.7 Å². The molecule has 0 amide bonds.